The highest BCUT2D eigenvalue weighted by Crippen LogP contribution is 2.34. The van der Waals surface area contributed by atoms with Crippen LogP contribution in [0.15, 0.2) is 0 Å². The van der Waals surface area contributed by atoms with E-state index in [0.717, 1.165) is 32.3 Å². The van der Waals surface area contributed by atoms with Crippen molar-refractivity contribution in [3.05, 3.63) is 0 Å². The van der Waals surface area contributed by atoms with Gasteiger partial charge in [-0.3, -0.25) is 4.90 Å². The van der Waals surface area contributed by atoms with Crippen molar-refractivity contribution in [1.29, 1.82) is 0 Å². The minimum Gasteiger partial charge on any atom is -0.381 e. The van der Waals surface area contributed by atoms with Crippen LogP contribution in [0.5, 0.6) is 0 Å². The quantitative estimate of drug-likeness (QED) is 0.656. The van der Waals surface area contributed by atoms with Crippen molar-refractivity contribution >= 4 is 0 Å². The molecular weight excluding hydrogens is 212 g/mol. The van der Waals surface area contributed by atoms with Crippen LogP contribution in [-0.2, 0) is 4.74 Å². The van der Waals surface area contributed by atoms with E-state index in [0.29, 0.717) is 5.41 Å². The summed E-state index contributed by atoms with van der Waals surface area (Å²) in [6.45, 7) is 11.1. The van der Waals surface area contributed by atoms with Gasteiger partial charge in [-0.1, -0.05) is 13.8 Å². The summed E-state index contributed by atoms with van der Waals surface area (Å²) < 4.78 is 5.67. The zero-order chi connectivity index (χ0) is 12.1. The highest BCUT2D eigenvalue weighted by molar-refractivity contribution is 4.93. The van der Waals surface area contributed by atoms with Crippen LogP contribution < -0.4 is 5.32 Å². The lowest BCUT2D eigenvalue weighted by atomic mass is 9.86. The highest BCUT2D eigenvalue weighted by Gasteiger charge is 2.39. The van der Waals surface area contributed by atoms with E-state index < -0.39 is 0 Å². The van der Waals surface area contributed by atoms with Crippen LogP contribution >= 0.6 is 0 Å². The van der Waals surface area contributed by atoms with Crippen molar-refractivity contribution in [2.75, 3.05) is 39.4 Å². The fourth-order valence-electron chi connectivity index (χ4n) is 2.87. The molecule has 0 radical (unpaired) electrons. The van der Waals surface area contributed by atoms with Crippen molar-refractivity contribution in [2.24, 2.45) is 5.41 Å². The molecule has 0 aromatic rings. The van der Waals surface area contributed by atoms with Crippen LogP contribution in [-0.4, -0.2) is 50.3 Å². The molecule has 1 heterocycles. The molecule has 1 saturated carbocycles. The van der Waals surface area contributed by atoms with Gasteiger partial charge >= 0.3 is 0 Å². The molecule has 1 atom stereocenters. The van der Waals surface area contributed by atoms with Crippen LogP contribution in [0.2, 0.25) is 0 Å². The molecule has 1 saturated heterocycles. The average molecular weight is 240 g/mol. The van der Waals surface area contributed by atoms with Gasteiger partial charge in [0.25, 0.3) is 0 Å². The van der Waals surface area contributed by atoms with E-state index in [1.54, 1.807) is 0 Å². The first-order valence-electron chi connectivity index (χ1n) is 7.32. The van der Waals surface area contributed by atoms with Crippen molar-refractivity contribution in [1.82, 2.24) is 10.2 Å². The van der Waals surface area contributed by atoms with Crippen LogP contribution in [0.1, 0.15) is 39.5 Å². The molecule has 100 valence electrons. The van der Waals surface area contributed by atoms with Gasteiger partial charge in [0.15, 0.2) is 0 Å². The third-order valence-electron chi connectivity index (χ3n) is 4.12. The zero-order valence-corrected chi connectivity index (χ0v) is 11.5. The van der Waals surface area contributed by atoms with Crippen LogP contribution in [0.4, 0.5) is 0 Å². The van der Waals surface area contributed by atoms with Gasteiger partial charge in [-0.25, -0.2) is 0 Å². The van der Waals surface area contributed by atoms with Crippen molar-refractivity contribution < 1.29 is 4.74 Å². The Morgan fingerprint density at radius 2 is 2.18 bits per heavy atom. The monoisotopic (exact) mass is 240 g/mol. The van der Waals surface area contributed by atoms with Gasteiger partial charge in [0.05, 0.1) is 6.61 Å². The molecule has 0 aromatic heterocycles. The number of hydrogen-bond acceptors (Lipinski definition) is 3. The summed E-state index contributed by atoms with van der Waals surface area (Å²) in [6.07, 6.45) is 5.27. The fourth-order valence-corrected chi connectivity index (χ4v) is 2.87. The molecule has 1 aliphatic carbocycles. The third kappa shape index (κ3) is 3.67. The van der Waals surface area contributed by atoms with E-state index in [1.165, 1.54) is 38.8 Å². The minimum absolute atomic E-state index is 0.383. The third-order valence-corrected chi connectivity index (χ3v) is 4.12. The first-order chi connectivity index (χ1) is 8.29. The Bertz CT molecular complexity index is 222. The highest BCUT2D eigenvalue weighted by atomic mass is 16.5. The lowest BCUT2D eigenvalue weighted by Crippen LogP contribution is -2.45. The lowest BCUT2D eigenvalue weighted by Gasteiger charge is -2.34. The van der Waals surface area contributed by atoms with E-state index in [4.69, 9.17) is 4.74 Å². The molecule has 0 amide bonds. The maximum atomic E-state index is 5.67. The minimum atomic E-state index is 0.383. The van der Waals surface area contributed by atoms with Crippen LogP contribution in [0, 0.1) is 5.41 Å². The van der Waals surface area contributed by atoms with Gasteiger partial charge < -0.3 is 10.1 Å². The van der Waals surface area contributed by atoms with Gasteiger partial charge in [-0.05, 0) is 38.8 Å². The number of nitrogens with one attached hydrogen (secondary N) is 1. The molecule has 1 aliphatic heterocycles. The number of hydrogen-bond donors (Lipinski definition) is 1. The SMILES string of the molecule is CCCNCC1(CN(CC)C2CC2)CCOC1. The van der Waals surface area contributed by atoms with Crippen molar-refractivity contribution in [3.63, 3.8) is 0 Å². The summed E-state index contributed by atoms with van der Waals surface area (Å²) in [5.41, 5.74) is 0.383. The molecule has 2 rings (SSSR count). The molecule has 0 spiro atoms. The first-order valence-corrected chi connectivity index (χ1v) is 7.32. The number of nitrogens with zero attached hydrogens (tertiary/aromatic N) is 1. The standard InChI is InChI=1S/C14H28N2O/c1-3-8-15-10-14(7-9-17-12-14)11-16(4-2)13-5-6-13/h13,15H,3-12H2,1-2H3. The van der Waals surface area contributed by atoms with Gasteiger partial charge in [-0.15, -0.1) is 0 Å². The van der Waals surface area contributed by atoms with Crippen LogP contribution in [0.3, 0.4) is 0 Å². The molecule has 1 N–H and O–H groups in total. The van der Waals surface area contributed by atoms with Crippen molar-refractivity contribution in [3.8, 4) is 0 Å². The average Bonchev–Trinajstić information content (AvgIpc) is 3.08. The Balaban J connectivity index is 1.85. The van der Waals surface area contributed by atoms with Gasteiger partial charge in [0.2, 0.25) is 0 Å². The lowest BCUT2D eigenvalue weighted by molar-refractivity contribution is 0.107. The molecule has 17 heavy (non-hydrogen) atoms. The molecule has 3 heteroatoms. The smallest absolute Gasteiger partial charge is 0.0547 e. The summed E-state index contributed by atoms with van der Waals surface area (Å²) in [4.78, 5) is 2.67. The topological polar surface area (TPSA) is 24.5 Å². The van der Waals surface area contributed by atoms with E-state index in [9.17, 15) is 0 Å². The molecular formula is C14H28N2O. The number of rotatable bonds is 8. The molecule has 1 unspecified atom stereocenters. The van der Waals surface area contributed by atoms with Gasteiger partial charge in [0, 0.05) is 31.2 Å². The summed E-state index contributed by atoms with van der Waals surface area (Å²) in [6, 6.07) is 0.878. The molecule has 0 bridgehead atoms. The Kier molecular flexibility index (Phi) is 4.83. The molecule has 2 aliphatic rings. The Morgan fingerprint density at radius 3 is 2.71 bits per heavy atom. The Morgan fingerprint density at radius 1 is 1.35 bits per heavy atom. The predicted octanol–water partition coefficient (Wildman–Crippen LogP) is 1.88. The van der Waals surface area contributed by atoms with Gasteiger partial charge in [0.1, 0.15) is 0 Å². The second kappa shape index (κ2) is 6.17. The second-order valence-electron chi connectivity index (χ2n) is 5.77. The van der Waals surface area contributed by atoms with E-state index >= 15 is 0 Å². The summed E-state index contributed by atoms with van der Waals surface area (Å²) in [5, 5.41) is 3.60. The predicted molar refractivity (Wildman–Crippen MR) is 71.3 cm³/mol. The Hall–Kier alpha value is -0.120. The van der Waals surface area contributed by atoms with E-state index in [2.05, 4.69) is 24.1 Å². The summed E-state index contributed by atoms with van der Waals surface area (Å²) >= 11 is 0. The fraction of sp³-hybridized carbons (Fsp3) is 1.00. The molecule has 0 aromatic carbocycles. The normalized spacial score (nSPS) is 29.1. The van der Waals surface area contributed by atoms with Gasteiger partial charge in [-0.2, -0.15) is 0 Å². The first kappa shape index (κ1) is 13.3. The van der Waals surface area contributed by atoms with E-state index in [1.807, 2.05) is 0 Å². The summed E-state index contributed by atoms with van der Waals surface area (Å²) in [5.74, 6) is 0. The maximum Gasteiger partial charge on any atom is 0.0547 e. The Labute approximate surface area is 106 Å². The number of ether oxygens (including phenoxy) is 1. The van der Waals surface area contributed by atoms with Crippen molar-refractivity contribution in [2.45, 2.75) is 45.6 Å². The summed E-state index contributed by atoms with van der Waals surface area (Å²) in [7, 11) is 0. The molecule has 2 fully saturated rings. The van der Waals surface area contributed by atoms with Crippen LogP contribution in [0.25, 0.3) is 0 Å². The largest absolute Gasteiger partial charge is 0.381 e. The zero-order valence-electron chi connectivity index (χ0n) is 11.5. The molecule has 3 nitrogen and oxygen atoms in total. The maximum absolute atomic E-state index is 5.67. The second-order valence-corrected chi connectivity index (χ2v) is 5.77. The van der Waals surface area contributed by atoms with E-state index in [-0.39, 0.29) is 0 Å².